The highest BCUT2D eigenvalue weighted by atomic mass is 79.9. The van der Waals surface area contributed by atoms with Gasteiger partial charge in [0.15, 0.2) is 0 Å². The molecule has 0 saturated carbocycles. The summed E-state index contributed by atoms with van der Waals surface area (Å²) < 4.78 is 40.1. The zero-order chi connectivity index (χ0) is 15.8. The van der Waals surface area contributed by atoms with E-state index in [1.807, 2.05) is 13.0 Å². The zero-order valence-electron chi connectivity index (χ0n) is 11.2. The fourth-order valence-electron chi connectivity index (χ4n) is 2.04. The van der Waals surface area contributed by atoms with E-state index in [9.17, 15) is 13.2 Å². The number of aryl methyl sites for hydroxylation is 1. The van der Waals surface area contributed by atoms with Crippen LogP contribution in [0.1, 0.15) is 27.6 Å². The first-order valence-corrected chi connectivity index (χ1v) is 8.44. The number of halogens is 5. The van der Waals surface area contributed by atoms with Crippen molar-refractivity contribution in [3.63, 3.8) is 0 Å². The fourth-order valence-corrected chi connectivity index (χ4v) is 4.22. The van der Waals surface area contributed by atoms with Crippen LogP contribution >= 0.6 is 43.2 Å². The summed E-state index contributed by atoms with van der Waals surface area (Å²) in [4.78, 5) is 0.970. The molecule has 7 heteroatoms. The van der Waals surface area contributed by atoms with Crippen molar-refractivity contribution >= 4 is 43.2 Å². The number of nitrogens with one attached hydrogen (secondary N) is 1. The van der Waals surface area contributed by atoms with Gasteiger partial charge in [-0.1, -0.05) is 22.0 Å². The van der Waals surface area contributed by atoms with Gasteiger partial charge in [0.25, 0.3) is 0 Å². The number of benzene rings is 1. The molecule has 114 valence electrons. The lowest BCUT2D eigenvalue weighted by Crippen LogP contribution is -2.17. The lowest BCUT2D eigenvalue weighted by atomic mass is 10.0. The van der Waals surface area contributed by atoms with Crippen LogP contribution in [0.25, 0.3) is 0 Å². The normalized spacial score (nSPS) is 13.5. The molecule has 1 aromatic heterocycles. The van der Waals surface area contributed by atoms with Crippen molar-refractivity contribution in [3.8, 4) is 0 Å². The molecule has 0 saturated heterocycles. The van der Waals surface area contributed by atoms with Gasteiger partial charge in [0.1, 0.15) is 0 Å². The van der Waals surface area contributed by atoms with Gasteiger partial charge in [-0.3, -0.25) is 0 Å². The quantitative estimate of drug-likeness (QED) is 0.623. The highest BCUT2D eigenvalue weighted by molar-refractivity contribution is 9.11. The third kappa shape index (κ3) is 3.70. The van der Waals surface area contributed by atoms with E-state index in [-0.39, 0.29) is 10.5 Å². The van der Waals surface area contributed by atoms with Crippen molar-refractivity contribution in [2.75, 3.05) is 7.05 Å². The highest BCUT2D eigenvalue weighted by Crippen LogP contribution is 2.39. The molecule has 21 heavy (non-hydrogen) atoms. The van der Waals surface area contributed by atoms with E-state index in [2.05, 4.69) is 37.2 Å². The highest BCUT2D eigenvalue weighted by Gasteiger charge is 2.33. The maximum Gasteiger partial charge on any atom is 0.417 e. The first kappa shape index (κ1) is 17.0. The van der Waals surface area contributed by atoms with Gasteiger partial charge in [0, 0.05) is 9.35 Å². The fraction of sp³-hybridized carbons (Fsp3) is 0.286. The molecule has 1 aromatic carbocycles. The van der Waals surface area contributed by atoms with E-state index >= 15 is 0 Å². The van der Waals surface area contributed by atoms with E-state index in [0.29, 0.717) is 5.56 Å². The zero-order valence-corrected chi connectivity index (χ0v) is 15.2. The Kier molecular flexibility index (Phi) is 5.18. The third-order valence-electron chi connectivity index (χ3n) is 3.08. The van der Waals surface area contributed by atoms with Gasteiger partial charge < -0.3 is 5.32 Å². The second kappa shape index (κ2) is 6.40. The first-order chi connectivity index (χ1) is 9.74. The van der Waals surface area contributed by atoms with Gasteiger partial charge in [0.2, 0.25) is 0 Å². The molecular formula is C14H12Br2F3NS. The number of thiophene rings is 1. The molecule has 0 aliphatic heterocycles. The van der Waals surface area contributed by atoms with Crippen molar-refractivity contribution in [2.24, 2.45) is 0 Å². The molecule has 0 radical (unpaired) electrons. The monoisotopic (exact) mass is 441 g/mol. The molecule has 0 aliphatic rings. The topological polar surface area (TPSA) is 12.0 Å². The molecule has 1 nitrogen and oxygen atoms in total. The van der Waals surface area contributed by atoms with Crippen LogP contribution in [0, 0.1) is 6.92 Å². The van der Waals surface area contributed by atoms with Crippen molar-refractivity contribution in [1.82, 2.24) is 5.32 Å². The van der Waals surface area contributed by atoms with Crippen molar-refractivity contribution in [2.45, 2.75) is 19.1 Å². The lowest BCUT2D eigenvalue weighted by Gasteiger charge is -2.18. The smallest absolute Gasteiger partial charge is 0.309 e. The van der Waals surface area contributed by atoms with E-state index in [1.54, 1.807) is 13.1 Å². The van der Waals surface area contributed by atoms with Crippen LogP contribution in [0.3, 0.4) is 0 Å². The SMILES string of the molecule is CNC(c1ccc(Br)c(C(F)(F)F)c1)c1cc(C)c(Br)s1. The van der Waals surface area contributed by atoms with Gasteiger partial charge in [-0.15, -0.1) is 11.3 Å². The molecule has 0 fully saturated rings. The Labute approximate surface area is 141 Å². The summed E-state index contributed by atoms with van der Waals surface area (Å²) in [6, 6.07) is 6.04. The average molecular weight is 443 g/mol. The van der Waals surface area contributed by atoms with Crippen LogP contribution in [0.2, 0.25) is 0 Å². The molecule has 0 aliphatic carbocycles. The van der Waals surface area contributed by atoms with Gasteiger partial charge in [-0.05, 0) is 59.2 Å². The van der Waals surface area contributed by atoms with Gasteiger partial charge in [-0.25, -0.2) is 0 Å². The van der Waals surface area contributed by atoms with E-state index < -0.39 is 11.7 Å². The maximum absolute atomic E-state index is 13.0. The number of rotatable bonds is 3. The Morgan fingerprint density at radius 3 is 2.33 bits per heavy atom. The van der Waals surface area contributed by atoms with Gasteiger partial charge in [0.05, 0.1) is 15.4 Å². The number of hydrogen-bond acceptors (Lipinski definition) is 2. The van der Waals surface area contributed by atoms with Crippen molar-refractivity contribution < 1.29 is 13.2 Å². The minimum Gasteiger partial charge on any atom is -0.309 e. The lowest BCUT2D eigenvalue weighted by molar-refractivity contribution is -0.138. The molecule has 1 N–H and O–H groups in total. The summed E-state index contributed by atoms with van der Waals surface area (Å²) in [5.74, 6) is 0. The third-order valence-corrected chi connectivity index (χ3v) is 5.97. The molecule has 1 heterocycles. The summed E-state index contributed by atoms with van der Waals surface area (Å²) in [5, 5.41) is 3.08. The minimum absolute atomic E-state index is 0.0529. The van der Waals surface area contributed by atoms with Gasteiger partial charge in [-0.2, -0.15) is 13.2 Å². The number of alkyl halides is 3. The van der Waals surface area contributed by atoms with Crippen LogP contribution in [-0.4, -0.2) is 7.05 Å². The van der Waals surface area contributed by atoms with Crippen LogP contribution in [0.15, 0.2) is 32.5 Å². The summed E-state index contributed by atoms with van der Waals surface area (Å²) in [6.45, 7) is 1.96. The van der Waals surface area contributed by atoms with E-state index in [4.69, 9.17) is 0 Å². The second-order valence-electron chi connectivity index (χ2n) is 4.56. The molecule has 2 rings (SSSR count). The molecule has 0 spiro atoms. The Hall–Kier alpha value is -0.370. The van der Waals surface area contributed by atoms with Gasteiger partial charge >= 0.3 is 6.18 Å². The molecule has 1 atom stereocenters. The average Bonchev–Trinajstić information content (AvgIpc) is 2.71. The summed E-state index contributed by atoms with van der Waals surface area (Å²) in [5.41, 5.74) is 0.998. The Balaban J connectivity index is 2.48. The van der Waals surface area contributed by atoms with E-state index in [1.165, 1.54) is 23.5 Å². The van der Waals surface area contributed by atoms with Crippen LogP contribution in [-0.2, 0) is 6.18 Å². The molecule has 2 aromatic rings. The van der Waals surface area contributed by atoms with E-state index in [0.717, 1.165) is 14.2 Å². The predicted octanol–water partition coefficient (Wildman–Crippen LogP) is 5.91. The Bertz CT molecular complexity index is 633. The number of hydrogen-bond donors (Lipinski definition) is 1. The summed E-state index contributed by atoms with van der Waals surface area (Å²) in [7, 11) is 1.74. The molecule has 1 unspecified atom stereocenters. The molecular weight excluding hydrogens is 431 g/mol. The maximum atomic E-state index is 13.0. The van der Waals surface area contributed by atoms with Crippen molar-refractivity contribution in [3.05, 3.63) is 54.1 Å². The summed E-state index contributed by atoms with van der Waals surface area (Å²) in [6.07, 6.45) is -4.38. The molecule has 0 amide bonds. The largest absolute Gasteiger partial charge is 0.417 e. The summed E-state index contributed by atoms with van der Waals surface area (Å²) >= 11 is 7.93. The van der Waals surface area contributed by atoms with Crippen LogP contribution in [0.4, 0.5) is 13.2 Å². The molecule has 0 bridgehead atoms. The first-order valence-electron chi connectivity index (χ1n) is 6.03. The Morgan fingerprint density at radius 2 is 1.86 bits per heavy atom. The minimum atomic E-state index is -4.38. The standard InChI is InChI=1S/C14H12Br2F3NS/c1-7-5-11(21-13(7)16)12(20-2)8-3-4-10(15)9(6-8)14(17,18)19/h3-6,12,20H,1-2H3. The van der Waals surface area contributed by atoms with Crippen molar-refractivity contribution in [1.29, 1.82) is 0 Å². The second-order valence-corrected chi connectivity index (χ2v) is 7.82. The van der Waals surface area contributed by atoms with Crippen LogP contribution in [0.5, 0.6) is 0 Å². The predicted molar refractivity (Wildman–Crippen MR) is 86.8 cm³/mol. The van der Waals surface area contributed by atoms with Crippen LogP contribution < -0.4 is 5.32 Å². The Morgan fingerprint density at radius 1 is 1.19 bits per heavy atom.